The van der Waals surface area contributed by atoms with Gasteiger partial charge < -0.3 is 19.8 Å². The molecule has 9 nitrogen and oxygen atoms in total. The monoisotopic (exact) mass is 626 g/mol. The maximum atomic E-state index is 13.7. The van der Waals surface area contributed by atoms with Gasteiger partial charge in [-0.2, -0.15) is 5.10 Å². The molecule has 2 heterocycles. The normalized spacial score (nSPS) is 12.8. The number of carbonyl (C=O) groups is 1. The summed E-state index contributed by atoms with van der Waals surface area (Å²) in [7, 11) is 1.64. The average Bonchev–Trinajstić information content (AvgIpc) is 3.36. The highest BCUT2D eigenvalue weighted by atomic mass is 28.4. The van der Waals surface area contributed by atoms with Crippen molar-refractivity contribution in [2.24, 2.45) is 7.05 Å². The second-order valence-electron chi connectivity index (χ2n) is 13.2. The third-order valence-corrected chi connectivity index (χ3v) is 13.7. The number of carbonyl (C=O) groups excluding carboxylic acids is 1. The van der Waals surface area contributed by atoms with Crippen molar-refractivity contribution >= 4 is 31.5 Å². The minimum Gasteiger partial charge on any atom is -0.495 e. The number of rotatable bonds is 10. The Morgan fingerprint density at radius 2 is 1.78 bits per heavy atom. The molecule has 1 aliphatic rings. The van der Waals surface area contributed by atoms with Gasteiger partial charge in [0.1, 0.15) is 5.75 Å². The number of benzene rings is 2. The Morgan fingerprint density at radius 3 is 2.42 bits per heavy atom. The van der Waals surface area contributed by atoms with Crippen LogP contribution in [0.15, 0.2) is 42.6 Å². The molecule has 0 fully saturated rings. The molecule has 4 aromatic rings. The van der Waals surface area contributed by atoms with E-state index >= 15 is 0 Å². The first-order valence-corrected chi connectivity index (χ1v) is 18.7. The minimum absolute atomic E-state index is 0.139. The summed E-state index contributed by atoms with van der Waals surface area (Å²) in [5, 5.41) is 11.4. The van der Waals surface area contributed by atoms with Crippen LogP contribution in [0.4, 0.5) is 17.3 Å². The summed E-state index contributed by atoms with van der Waals surface area (Å²) in [5.41, 5.74) is 8.93. The molecule has 2 aromatic heterocycles. The molecule has 5 rings (SSSR count). The summed E-state index contributed by atoms with van der Waals surface area (Å²) in [4.78, 5) is 23.2. The molecule has 0 aliphatic heterocycles. The van der Waals surface area contributed by atoms with Crippen molar-refractivity contribution in [3.05, 3.63) is 76.1 Å². The van der Waals surface area contributed by atoms with Gasteiger partial charge in [-0.25, -0.2) is 9.97 Å². The topological polar surface area (TPSA) is 103 Å². The van der Waals surface area contributed by atoms with E-state index in [-0.39, 0.29) is 10.9 Å². The van der Waals surface area contributed by atoms with Gasteiger partial charge in [-0.3, -0.25) is 9.48 Å². The Morgan fingerprint density at radius 1 is 1.07 bits per heavy atom. The lowest BCUT2D eigenvalue weighted by molar-refractivity contribution is 0.102. The quantitative estimate of drug-likeness (QED) is 0.175. The molecule has 0 saturated carbocycles. The first-order valence-electron chi connectivity index (χ1n) is 15.8. The lowest BCUT2D eigenvalue weighted by Crippen LogP contribution is -2.40. The Bertz CT molecular complexity index is 1700. The number of amides is 1. The van der Waals surface area contributed by atoms with Gasteiger partial charge in [0, 0.05) is 24.5 Å². The van der Waals surface area contributed by atoms with Crippen molar-refractivity contribution in [3.63, 3.8) is 0 Å². The predicted octanol–water partition coefficient (Wildman–Crippen LogP) is 7.63. The van der Waals surface area contributed by atoms with Crippen LogP contribution in [0.1, 0.15) is 72.9 Å². The van der Waals surface area contributed by atoms with Crippen LogP contribution in [0.5, 0.6) is 5.75 Å². The molecular weight excluding hydrogens is 581 g/mol. The van der Waals surface area contributed by atoms with E-state index in [0.717, 1.165) is 69.8 Å². The van der Waals surface area contributed by atoms with Crippen LogP contribution in [-0.4, -0.2) is 41.1 Å². The number of hydrogen-bond donors (Lipinski definition) is 2. The summed E-state index contributed by atoms with van der Waals surface area (Å²) >= 11 is 0. The Labute approximate surface area is 267 Å². The smallest absolute Gasteiger partial charge is 0.276 e. The molecule has 2 N–H and O–H groups in total. The first kappa shape index (κ1) is 32.4. The number of anilines is 3. The zero-order chi connectivity index (χ0) is 32.5. The van der Waals surface area contributed by atoms with Crippen LogP contribution in [0.2, 0.25) is 18.1 Å². The number of fused-ring (bicyclic) bond motifs is 3. The van der Waals surface area contributed by atoms with Crippen LogP contribution in [0.3, 0.4) is 0 Å². The predicted molar refractivity (Wildman–Crippen MR) is 183 cm³/mol. The van der Waals surface area contributed by atoms with E-state index in [2.05, 4.69) is 75.5 Å². The number of aryl methyl sites for hydroxylation is 4. The molecule has 0 saturated heterocycles. The Balaban J connectivity index is 1.40. The maximum absolute atomic E-state index is 13.7. The molecule has 0 bridgehead atoms. The van der Waals surface area contributed by atoms with Gasteiger partial charge in [0.2, 0.25) is 5.95 Å². The van der Waals surface area contributed by atoms with Gasteiger partial charge >= 0.3 is 0 Å². The average molecular weight is 627 g/mol. The minimum atomic E-state index is -1.88. The van der Waals surface area contributed by atoms with Crippen molar-refractivity contribution in [1.29, 1.82) is 0 Å². The highest BCUT2D eigenvalue weighted by Gasteiger charge is 2.37. The van der Waals surface area contributed by atoms with Gasteiger partial charge in [0.25, 0.3) is 5.91 Å². The molecule has 0 unspecified atom stereocenters. The third-order valence-electron chi connectivity index (χ3n) is 9.25. The highest BCUT2D eigenvalue weighted by molar-refractivity contribution is 6.74. The van der Waals surface area contributed by atoms with E-state index in [1.165, 1.54) is 0 Å². The third kappa shape index (κ3) is 6.53. The van der Waals surface area contributed by atoms with Crippen LogP contribution < -0.4 is 15.4 Å². The standard InChI is InChI=1S/C35H46N6O3Si/c1-10-23-13-12-14-24(11-2)29(23)38-33(42)31-26-17-16-25-20-36-34(39-30(25)32(26)41(6)40-31)37-27-18-15-22(19-28(27)43-7)21-44-45(8,9)35(3,4)5/h12-15,18-20H,10-11,16-17,21H2,1-9H3,(H,38,42)(H,36,37,39). The van der Waals surface area contributed by atoms with Crippen molar-refractivity contribution < 1.29 is 14.0 Å². The van der Waals surface area contributed by atoms with Crippen LogP contribution in [-0.2, 0) is 43.8 Å². The molecular formula is C35H46N6O3Si. The Hall–Kier alpha value is -4.02. The lowest BCUT2D eigenvalue weighted by atomic mass is 9.93. The van der Waals surface area contributed by atoms with Crippen LogP contribution in [0.25, 0.3) is 11.4 Å². The molecule has 10 heteroatoms. The first-order chi connectivity index (χ1) is 21.4. The van der Waals surface area contributed by atoms with Gasteiger partial charge in [-0.1, -0.05) is 58.9 Å². The molecule has 0 atom stereocenters. The van der Waals surface area contributed by atoms with Crippen molar-refractivity contribution in [3.8, 4) is 17.1 Å². The molecule has 0 radical (unpaired) electrons. The highest BCUT2D eigenvalue weighted by Crippen LogP contribution is 2.38. The number of methoxy groups -OCH3 is 1. The zero-order valence-corrected chi connectivity index (χ0v) is 29.1. The van der Waals surface area contributed by atoms with Gasteiger partial charge in [0.15, 0.2) is 14.0 Å². The summed E-state index contributed by atoms with van der Waals surface area (Å²) < 4.78 is 13.9. The second kappa shape index (κ2) is 12.8. The van der Waals surface area contributed by atoms with Gasteiger partial charge in [0.05, 0.1) is 30.8 Å². The van der Waals surface area contributed by atoms with E-state index in [4.69, 9.17) is 19.2 Å². The maximum Gasteiger partial charge on any atom is 0.276 e. The largest absolute Gasteiger partial charge is 0.495 e. The second-order valence-corrected chi connectivity index (χ2v) is 18.0. The fourth-order valence-corrected chi connectivity index (χ4v) is 6.46. The van der Waals surface area contributed by atoms with Crippen molar-refractivity contribution in [1.82, 2.24) is 19.7 Å². The molecule has 0 spiro atoms. The number of para-hydroxylation sites is 1. The van der Waals surface area contributed by atoms with E-state index in [0.29, 0.717) is 30.4 Å². The molecule has 2 aromatic carbocycles. The fraction of sp³-hybridized carbons (Fsp3) is 0.429. The number of hydrogen-bond acceptors (Lipinski definition) is 7. The van der Waals surface area contributed by atoms with E-state index in [1.54, 1.807) is 11.8 Å². The number of aromatic nitrogens is 4. The van der Waals surface area contributed by atoms with E-state index in [9.17, 15) is 4.79 Å². The zero-order valence-electron chi connectivity index (χ0n) is 28.1. The van der Waals surface area contributed by atoms with Crippen LogP contribution >= 0.6 is 0 Å². The fourth-order valence-electron chi connectivity index (χ4n) is 5.50. The summed E-state index contributed by atoms with van der Waals surface area (Å²) in [6.45, 7) is 16.0. The molecule has 45 heavy (non-hydrogen) atoms. The number of ether oxygens (including phenoxy) is 1. The van der Waals surface area contributed by atoms with Gasteiger partial charge in [-0.05, 0) is 78.2 Å². The number of nitrogens with one attached hydrogen (secondary N) is 2. The SMILES string of the molecule is CCc1cccc(CC)c1NC(=O)c1nn(C)c2c1CCc1cnc(Nc3ccc(CO[Si](C)(C)C(C)(C)C)cc3OC)nc1-2. The summed E-state index contributed by atoms with van der Waals surface area (Å²) in [5.74, 6) is 0.939. The lowest BCUT2D eigenvalue weighted by Gasteiger charge is -2.36. The molecule has 1 amide bonds. The molecule has 238 valence electrons. The molecule has 1 aliphatic carbocycles. The summed E-state index contributed by atoms with van der Waals surface area (Å²) in [6.07, 6.45) is 4.95. The number of nitrogens with zero attached hydrogens (tertiary/aromatic N) is 4. The van der Waals surface area contributed by atoms with Gasteiger partial charge in [-0.15, -0.1) is 0 Å². The van der Waals surface area contributed by atoms with Crippen molar-refractivity contribution in [2.45, 2.75) is 85.0 Å². The van der Waals surface area contributed by atoms with Crippen molar-refractivity contribution in [2.75, 3.05) is 17.7 Å². The van der Waals surface area contributed by atoms with E-state index in [1.807, 2.05) is 37.5 Å². The summed E-state index contributed by atoms with van der Waals surface area (Å²) in [6, 6.07) is 12.2. The Kier molecular flexibility index (Phi) is 9.18. The van der Waals surface area contributed by atoms with E-state index < -0.39 is 8.32 Å². The van der Waals surface area contributed by atoms with Crippen LogP contribution in [0, 0.1) is 0 Å².